The van der Waals surface area contributed by atoms with Gasteiger partial charge in [-0.25, -0.2) is 4.98 Å². The lowest BCUT2D eigenvalue weighted by molar-refractivity contribution is -0.115. The lowest BCUT2D eigenvalue weighted by Crippen LogP contribution is -2.14. The molecule has 0 atom stereocenters. The van der Waals surface area contributed by atoms with E-state index < -0.39 is 0 Å². The van der Waals surface area contributed by atoms with Crippen LogP contribution in [0.4, 0.5) is 5.69 Å². The molecular weight excluding hydrogens is 364 g/mol. The molecule has 6 heteroatoms. The summed E-state index contributed by atoms with van der Waals surface area (Å²) in [6, 6.07) is 16.9. The quantitative estimate of drug-likeness (QED) is 0.479. The summed E-state index contributed by atoms with van der Waals surface area (Å²) < 4.78 is 0.799. The summed E-state index contributed by atoms with van der Waals surface area (Å²) >= 11 is 2.86. The standard InChI is InChI=1S/C20H18N2O2S2/c1-14-6-5-9-16(10-14)21-19(24)11-17-12-25-20(22-17)26-13-18(23)15-7-3-2-4-8-15/h2-10,12H,11,13H2,1H3,(H,21,24). The molecule has 1 N–H and O–H groups in total. The minimum atomic E-state index is -0.0992. The lowest BCUT2D eigenvalue weighted by atomic mass is 10.2. The van der Waals surface area contributed by atoms with Gasteiger partial charge in [-0.2, -0.15) is 0 Å². The van der Waals surface area contributed by atoms with E-state index in [0.717, 1.165) is 21.3 Å². The van der Waals surface area contributed by atoms with Gasteiger partial charge >= 0.3 is 0 Å². The van der Waals surface area contributed by atoms with Crippen LogP contribution in [0.5, 0.6) is 0 Å². The molecule has 0 aliphatic carbocycles. The van der Waals surface area contributed by atoms with E-state index in [1.165, 1.54) is 23.1 Å². The Bertz CT molecular complexity index is 907. The molecule has 0 saturated carbocycles. The fraction of sp³-hybridized carbons (Fsp3) is 0.150. The van der Waals surface area contributed by atoms with Gasteiger partial charge in [-0.15, -0.1) is 11.3 Å². The second kappa shape index (κ2) is 8.78. The summed E-state index contributed by atoms with van der Waals surface area (Å²) in [6.07, 6.45) is 0.220. The van der Waals surface area contributed by atoms with E-state index in [1.54, 1.807) is 0 Å². The van der Waals surface area contributed by atoms with Crippen LogP contribution in [0, 0.1) is 6.92 Å². The van der Waals surface area contributed by atoms with Crippen LogP contribution >= 0.6 is 23.1 Å². The molecule has 0 saturated heterocycles. The zero-order valence-electron chi connectivity index (χ0n) is 14.3. The van der Waals surface area contributed by atoms with Gasteiger partial charge in [-0.1, -0.05) is 54.2 Å². The first-order chi connectivity index (χ1) is 12.6. The highest BCUT2D eigenvalue weighted by Gasteiger charge is 2.11. The first-order valence-corrected chi connectivity index (χ1v) is 9.98. The highest BCUT2D eigenvalue weighted by molar-refractivity contribution is 8.01. The molecule has 1 amide bonds. The number of nitrogens with one attached hydrogen (secondary N) is 1. The first-order valence-electron chi connectivity index (χ1n) is 8.12. The summed E-state index contributed by atoms with van der Waals surface area (Å²) in [6.45, 7) is 1.98. The zero-order valence-corrected chi connectivity index (χ0v) is 15.9. The fourth-order valence-corrected chi connectivity index (χ4v) is 4.10. The van der Waals surface area contributed by atoms with E-state index in [-0.39, 0.29) is 18.1 Å². The maximum Gasteiger partial charge on any atom is 0.230 e. The highest BCUT2D eigenvalue weighted by atomic mass is 32.2. The molecular formula is C20H18N2O2S2. The molecule has 1 aromatic heterocycles. The average Bonchev–Trinajstić information content (AvgIpc) is 3.07. The molecule has 0 spiro atoms. The van der Waals surface area contributed by atoms with E-state index in [9.17, 15) is 9.59 Å². The van der Waals surface area contributed by atoms with Crippen LogP contribution in [0.2, 0.25) is 0 Å². The number of thioether (sulfide) groups is 1. The number of thiazole rings is 1. The van der Waals surface area contributed by atoms with Crippen LogP contribution in [0.25, 0.3) is 0 Å². The molecule has 26 heavy (non-hydrogen) atoms. The second-order valence-electron chi connectivity index (χ2n) is 5.78. The average molecular weight is 383 g/mol. The van der Waals surface area contributed by atoms with E-state index in [4.69, 9.17) is 0 Å². The van der Waals surface area contributed by atoms with Crippen LogP contribution < -0.4 is 5.32 Å². The van der Waals surface area contributed by atoms with Crippen LogP contribution in [-0.4, -0.2) is 22.4 Å². The predicted molar refractivity (Wildman–Crippen MR) is 107 cm³/mol. The second-order valence-corrected chi connectivity index (χ2v) is 7.86. The van der Waals surface area contributed by atoms with Gasteiger partial charge in [0.2, 0.25) is 5.91 Å². The first kappa shape index (κ1) is 18.4. The van der Waals surface area contributed by atoms with Gasteiger partial charge in [-0.3, -0.25) is 9.59 Å². The molecule has 0 fully saturated rings. The lowest BCUT2D eigenvalue weighted by Gasteiger charge is -2.04. The fourth-order valence-electron chi connectivity index (χ4n) is 2.36. The van der Waals surface area contributed by atoms with Crippen molar-refractivity contribution in [2.45, 2.75) is 17.7 Å². The van der Waals surface area contributed by atoms with Crippen molar-refractivity contribution in [3.8, 4) is 0 Å². The Morgan fingerprint density at radius 3 is 2.69 bits per heavy atom. The Balaban J connectivity index is 1.51. The number of Topliss-reactive ketones (excluding diaryl/α,β-unsaturated/α-hetero) is 1. The number of carbonyl (C=O) groups is 2. The number of benzene rings is 2. The van der Waals surface area contributed by atoms with Crippen molar-refractivity contribution >= 4 is 40.5 Å². The number of anilines is 1. The van der Waals surface area contributed by atoms with E-state index >= 15 is 0 Å². The summed E-state index contributed by atoms with van der Waals surface area (Å²) in [5.74, 6) is 0.314. The number of aryl methyl sites for hydroxylation is 1. The molecule has 1 heterocycles. The van der Waals surface area contributed by atoms with Crippen molar-refractivity contribution in [3.63, 3.8) is 0 Å². The van der Waals surface area contributed by atoms with Crippen molar-refractivity contribution in [2.24, 2.45) is 0 Å². The maximum absolute atomic E-state index is 12.1. The van der Waals surface area contributed by atoms with E-state index in [0.29, 0.717) is 11.3 Å². The number of amides is 1. The molecule has 3 rings (SSSR count). The van der Waals surface area contributed by atoms with Gasteiger partial charge in [0.25, 0.3) is 0 Å². The maximum atomic E-state index is 12.1. The number of nitrogens with zero attached hydrogens (tertiary/aromatic N) is 1. The number of ketones is 1. The van der Waals surface area contributed by atoms with Gasteiger partial charge < -0.3 is 5.32 Å². The number of hydrogen-bond acceptors (Lipinski definition) is 5. The highest BCUT2D eigenvalue weighted by Crippen LogP contribution is 2.24. The Morgan fingerprint density at radius 2 is 1.92 bits per heavy atom. The molecule has 3 aromatic rings. The molecule has 0 bridgehead atoms. The molecule has 132 valence electrons. The molecule has 0 radical (unpaired) electrons. The molecule has 0 aliphatic rings. The topological polar surface area (TPSA) is 59.1 Å². The van der Waals surface area contributed by atoms with Crippen molar-refractivity contribution in [3.05, 3.63) is 76.8 Å². The third kappa shape index (κ3) is 5.28. The summed E-state index contributed by atoms with van der Waals surface area (Å²) in [4.78, 5) is 28.7. The molecule has 2 aromatic carbocycles. The Morgan fingerprint density at radius 1 is 1.12 bits per heavy atom. The van der Waals surface area contributed by atoms with Crippen LogP contribution in [0.3, 0.4) is 0 Å². The smallest absolute Gasteiger partial charge is 0.230 e. The number of rotatable bonds is 7. The molecule has 4 nitrogen and oxygen atoms in total. The van der Waals surface area contributed by atoms with Crippen molar-refractivity contribution < 1.29 is 9.59 Å². The van der Waals surface area contributed by atoms with Gasteiger partial charge in [0.1, 0.15) is 0 Å². The Hall–Kier alpha value is -2.44. The molecule has 0 unspecified atom stereocenters. The van der Waals surface area contributed by atoms with Crippen LogP contribution in [0.15, 0.2) is 64.3 Å². The zero-order chi connectivity index (χ0) is 18.4. The Kier molecular flexibility index (Phi) is 6.20. The normalized spacial score (nSPS) is 10.5. The van der Waals surface area contributed by atoms with Crippen LogP contribution in [-0.2, 0) is 11.2 Å². The summed E-state index contributed by atoms with van der Waals surface area (Å²) in [5, 5.41) is 4.74. The third-order valence-corrected chi connectivity index (χ3v) is 5.67. The van der Waals surface area contributed by atoms with Crippen molar-refractivity contribution in [2.75, 3.05) is 11.1 Å². The minimum Gasteiger partial charge on any atom is -0.326 e. The molecule has 0 aliphatic heterocycles. The Labute approximate surface area is 160 Å². The van der Waals surface area contributed by atoms with E-state index in [2.05, 4.69) is 10.3 Å². The predicted octanol–water partition coefficient (Wildman–Crippen LogP) is 4.61. The van der Waals surface area contributed by atoms with Crippen molar-refractivity contribution in [1.29, 1.82) is 0 Å². The van der Waals surface area contributed by atoms with Gasteiger partial charge in [0.05, 0.1) is 17.9 Å². The van der Waals surface area contributed by atoms with Crippen molar-refractivity contribution in [1.82, 2.24) is 4.98 Å². The third-order valence-electron chi connectivity index (χ3n) is 3.60. The van der Waals surface area contributed by atoms with Crippen LogP contribution in [0.1, 0.15) is 21.6 Å². The number of aromatic nitrogens is 1. The summed E-state index contributed by atoms with van der Waals surface area (Å²) in [5.41, 5.74) is 3.30. The number of carbonyl (C=O) groups excluding carboxylic acids is 2. The monoisotopic (exact) mass is 382 g/mol. The SMILES string of the molecule is Cc1cccc(NC(=O)Cc2csc(SCC(=O)c3ccccc3)n2)c1. The largest absolute Gasteiger partial charge is 0.326 e. The summed E-state index contributed by atoms with van der Waals surface area (Å²) in [7, 11) is 0. The van der Waals surface area contributed by atoms with E-state index in [1.807, 2.05) is 66.9 Å². The van der Waals surface area contributed by atoms with Gasteiger partial charge in [-0.05, 0) is 24.6 Å². The van der Waals surface area contributed by atoms with Gasteiger partial charge in [0, 0.05) is 16.6 Å². The van der Waals surface area contributed by atoms with Gasteiger partial charge in [0.15, 0.2) is 10.1 Å². The minimum absolute atomic E-state index is 0.0736. The number of hydrogen-bond donors (Lipinski definition) is 1.